The standard InChI is InChI=1S/C13H17N3O3S/c1-9(13-4-3-7-19-13)16-12-8-10(5-6-11(12)14)20(17,18)15-2/h3-9,15-16H,14H2,1-2H3. The summed E-state index contributed by atoms with van der Waals surface area (Å²) in [7, 11) is -2.13. The van der Waals surface area contributed by atoms with Crippen LogP contribution in [0.4, 0.5) is 11.4 Å². The van der Waals surface area contributed by atoms with Crippen molar-refractivity contribution in [3.05, 3.63) is 42.4 Å². The van der Waals surface area contributed by atoms with E-state index < -0.39 is 10.0 Å². The predicted octanol–water partition coefficient (Wildman–Crippen LogP) is 1.94. The summed E-state index contributed by atoms with van der Waals surface area (Å²) in [6, 6.07) is 8.02. The fraction of sp³-hybridized carbons (Fsp3) is 0.231. The first kappa shape index (κ1) is 14.4. The van der Waals surface area contributed by atoms with Crippen LogP contribution in [0.15, 0.2) is 45.9 Å². The molecule has 108 valence electrons. The summed E-state index contributed by atoms with van der Waals surface area (Å²) in [5.74, 6) is 0.742. The highest BCUT2D eigenvalue weighted by molar-refractivity contribution is 7.89. The summed E-state index contributed by atoms with van der Waals surface area (Å²) in [5, 5.41) is 3.14. The van der Waals surface area contributed by atoms with Crippen LogP contribution in [0.3, 0.4) is 0 Å². The van der Waals surface area contributed by atoms with Crippen molar-refractivity contribution in [3.8, 4) is 0 Å². The van der Waals surface area contributed by atoms with Crippen LogP contribution >= 0.6 is 0 Å². The van der Waals surface area contributed by atoms with Crippen LogP contribution < -0.4 is 15.8 Å². The Hall–Kier alpha value is -1.99. The van der Waals surface area contributed by atoms with E-state index in [1.54, 1.807) is 18.4 Å². The van der Waals surface area contributed by atoms with Crippen molar-refractivity contribution in [2.75, 3.05) is 18.1 Å². The van der Waals surface area contributed by atoms with Crippen LogP contribution in [0.1, 0.15) is 18.7 Å². The largest absolute Gasteiger partial charge is 0.467 e. The molecule has 0 amide bonds. The number of hydrogen-bond acceptors (Lipinski definition) is 5. The van der Waals surface area contributed by atoms with Crippen molar-refractivity contribution in [1.29, 1.82) is 0 Å². The van der Waals surface area contributed by atoms with Gasteiger partial charge in [0.2, 0.25) is 10.0 Å². The first-order chi connectivity index (χ1) is 9.44. The molecular formula is C13H17N3O3S. The van der Waals surface area contributed by atoms with Crippen LogP contribution in [-0.4, -0.2) is 15.5 Å². The van der Waals surface area contributed by atoms with Crippen LogP contribution in [0, 0.1) is 0 Å². The second kappa shape index (κ2) is 5.56. The molecule has 0 radical (unpaired) electrons. The fourth-order valence-corrected chi connectivity index (χ4v) is 2.54. The van der Waals surface area contributed by atoms with Crippen molar-refractivity contribution < 1.29 is 12.8 Å². The molecule has 6 nitrogen and oxygen atoms in total. The average Bonchev–Trinajstić information content (AvgIpc) is 2.95. The lowest BCUT2D eigenvalue weighted by Gasteiger charge is -2.16. The Balaban J connectivity index is 2.30. The Morgan fingerprint density at radius 3 is 2.65 bits per heavy atom. The zero-order chi connectivity index (χ0) is 14.8. The molecule has 4 N–H and O–H groups in total. The third-order valence-corrected chi connectivity index (χ3v) is 4.36. The lowest BCUT2D eigenvalue weighted by atomic mass is 10.2. The maximum atomic E-state index is 11.8. The number of anilines is 2. The molecule has 0 aliphatic carbocycles. The van der Waals surface area contributed by atoms with Crippen LogP contribution in [-0.2, 0) is 10.0 Å². The van der Waals surface area contributed by atoms with Gasteiger partial charge in [0, 0.05) is 0 Å². The summed E-state index contributed by atoms with van der Waals surface area (Å²) in [5.41, 5.74) is 6.88. The van der Waals surface area contributed by atoms with Crippen molar-refractivity contribution in [2.45, 2.75) is 17.9 Å². The Bertz CT molecular complexity index is 681. The Morgan fingerprint density at radius 2 is 2.05 bits per heavy atom. The number of hydrogen-bond donors (Lipinski definition) is 3. The summed E-state index contributed by atoms with van der Waals surface area (Å²) < 4.78 is 31.1. The predicted molar refractivity (Wildman–Crippen MR) is 77.8 cm³/mol. The first-order valence-electron chi connectivity index (χ1n) is 6.07. The molecule has 20 heavy (non-hydrogen) atoms. The van der Waals surface area contributed by atoms with Gasteiger partial charge in [0.15, 0.2) is 0 Å². The van der Waals surface area contributed by atoms with E-state index in [-0.39, 0.29) is 10.9 Å². The number of rotatable bonds is 5. The minimum absolute atomic E-state index is 0.125. The molecule has 0 aliphatic heterocycles. The van der Waals surface area contributed by atoms with E-state index in [1.807, 2.05) is 13.0 Å². The summed E-state index contributed by atoms with van der Waals surface area (Å²) in [6.07, 6.45) is 1.58. The number of furan rings is 1. The van der Waals surface area contributed by atoms with Gasteiger partial charge in [-0.05, 0) is 44.3 Å². The smallest absolute Gasteiger partial charge is 0.240 e. The molecule has 0 saturated heterocycles. The summed E-state index contributed by atoms with van der Waals surface area (Å²) in [6.45, 7) is 1.90. The maximum absolute atomic E-state index is 11.8. The molecule has 2 aromatic rings. The third kappa shape index (κ3) is 2.94. The molecule has 7 heteroatoms. The molecule has 1 unspecified atom stereocenters. The van der Waals surface area contributed by atoms with E-state index in [4.69, 9.17) is 10.2 Å². The molecule has 0 spiro atoms. The molecule has 1 atom stereocenters. The van der Waals surface area contributed by atoms with Crippen molar-refractivity contribution in [2.24, 2.45) is 0 Å². The quantitative estimate of drug-likeness (QED) is 0.732. The third-order valence-electron chi connectivity index (χ3n) is 2.95. The molecular weight excluding hydrogens is 278 g/mol. The normalized spacial score (nSPS) is 13.1. The molecule has 0 fully saturated rings. The van der Waals surface area contributed by atoms with Crippen LogP contribution in [0.25, 0.3) is 0 Å². The molecule has 0 saturated carbocycles. The number of benzene rings is 1. The van der Waals surface area contributed by atoms with E-state index in [2.05, 4.69) is 10.0 Å². The zero-order valence-corrected chi connectivity index (χ0v) is 12.1. The number of sulfonamides is 1. The van der Waals surface area contributed by atoms with Gasteiger partial charge in [0.25, 0.3) is 0 Å². The highest BCUT2D eigenvalue weighted by atomic mass is 32.2. The highest BCUT2D eigenvalue weighted by Crippen LogP contribution is 2.27. The minimum atomic E-state index is -3.50. The summed E-state index contributed by atoms with van der Waals surface area (Å²) in [4.78, 5) is 0.156. The fourth-order valence-electron chi connectivity index (χ4n) is 1.79. The molecule has 2 rings (SSSR count). The van der Waals surface area contributed by atoms with E-state index in [1.165, 1.54) is 19.2 Å². The summed E-state index contributed by atoms with van der Waals surface area (Å²) >= 11 is 0. The SMILES string of the molecule is CNS(=O)(=O)c1ccc(N)c(NC(C)c2ccco2)c1. The first-order valence-corrected chi connectivity index (χ1v) is 7.55. The van der Waals surface area contributed by atoms with E-state index in [0.29, 0.717) is 11.4 Å². The number of nitrogens with two attached hydrogens (primary N) is 1. The maximum Gasteiger partial charge on any atom is 0.240 e. The van der Waals surface area contributed by atoms with Gasteiger partial charge >= 0.3 is 0 Å². The minimum Gasteiger partial charge on any atom is -0.467 e. The molecule has 1 aromatic carbocycles. The second-order valence-electron chi connectivity index (χ2n) is 4.34. The Morgan fingerprint density at radius 1 is 1.30 bits per heavy atom. The Labute approximate surface area is 118 Å². The van der Waals surface area contributed by atoms with Gasteiger partial charge < -0.3 is 15.5 Å². The van der Waals surface area contributed by atoms with Gasteiger partial charge in [-0.15, -0.1) is 0 Å². The van der Waals surface area contributed by atoms with Crippen molar-refractivity contribution >= 4 is 21.4 Å². The van der Waals surface area contributed by atoms with Gasteiger partial charge in [-0.2, -0.15) is 0 Å². The van der Waals surface area contributed by atoms with Crippen molar-refractivity contribution in [3.63, 3.8) is 0 Å². The lowest BCUT2D eigenvalue weighted by molar-refractivity contribution is 0.490. The molecule has 1 aromatic heterocycles. The van der Waals surface area contributed by atoms with Crippen molar-refractivity contribution in [1.82, 2.24) is 4.72 Å². The number of nitrogens with one attached hydrogen (secondary N) is 2. The van der Waals surface area contributed by atoms with Gasteiger partial charge in [-0.3, -0.25) is 0 Å². The highest BCUT2D eigenvalue weighted by Gasteiger charge is 2.15. The Kier molecular flexibility index (Phi) is 4.01. The molecule has 1 heterocycles. The van der Waals surface area contributed by atoms with Gasteiger partial charge in [0.05, 0.1) is 28.6 Å². The van der Waals surface area contributed by atoms with Crippen LogP contribution in [0.2, 0.25) is 0 Å². The van der Waals surface area contributed by atoms with E-state index >= 15 is 0 Å². The van der Waals surface area contributed by atoms with Gasteiger partial charge in [-0.1, -0.05) is 0 Å². The van der Waals surface area contributed by atoms with Gasteiger partial charge in [0.1, 0.15) is 5.76 Å². The average molecular weight is 295 g/mol. The number of nitrogen functional groups attached to an aromatic ring is 1. The topological polar surface area (TPSA) is 97.4 Å². The lowest BCUT2D eigenvalue weighted by Crippen LogP contribution is -2.19. The molecule has 0 aliphatic rings. The van der Waals surface area contributed by atoms with E-state index in [0.717, 1.165) is 5.76 Å². The van der Waals surface area contributed by atoms with Gasteiger partial charge in [-0.25, -0.2) is 13.1 Å². The second-order valence-corrected chi connectivity index (χ2v) is 6.22. The zero-order valence-electron chi connectivity index (χ0n) is 11.3. The van der Waals surface area contributed by atoms with E-state index in [9.17, 15) is 8.42 Å². The monoisotopic (exact) mass is 295 g/mol. The molecule has 0 bridgehead atoms. The van der Waals surface area contributed by atoms with Crippen LogP contribution in [0.5, 0.6) is 0 Å².